The Balaban J connectivity index is 1.58. The summed E-state index contributed by atoms with van der Waals surface area (Å²) in [6.45, 7) is 15.1. The van der Waals surface area contributed by atoms with E-state index in [1.807, 2.05) is 0 Å². The first kappa shape index (κ1) is 24.3. The van der Waals surface area contributed by atoms with Crippen molar-refractivity contribution in [2.24, 2.45) is 50.2 Å². The second-order valence-electron chi connectivity index (χ2n) is 15.0. The van der Waals surface area contributed by atoms with Crippen molar-refractivity contribution in [2.75, 3.05) is 13.2 Å². The zero-order chi connectivity index (χ0) is 24.1. The van der Waals surface area contributed by atoms with Crippen LogP contribution in [-0.2, 0) is 0 Å². The summed E-state index contributed by atoms with van der Waals surface area (Å²) in [5.41, 5.74) is 2.34. The summed E-state index contributed by atoms with van der Waals surface area (Å²) in [5, 5.41) is 32.0. The summed E-state index contributed by atoms with van der Waals surface area (Å²) < 4.78 is 0. The normalized spacial score (nSPS) is 55.5. The third-order valence-electron chi connectivity index (χ3n) is 13.2. The van der Waals surface area contributed by atoms with Crippen LogP contribution < -0.4 is 0 Å². The van der Waals surface area contributed by atoms with Gasteiger partial charge >= 0.3 is 0 Å². The Morgan fingerprint density at radius 2 is 1.52 bits per heavy atom. The molecule has 5 aliphatic rings. The maximum absolute atomic E-state index is 10.9. The van der Waals surface area contributed by atoms with E-state index in [-0.39, 0.29) is 39.8 Å². The Bertz CT molecular complexity index is 832. The molecule has 0 bridgehead atoms. The fourth-order valence-corrected chi connectivity index (χ4v) is 10.7. The van der Waals surface area contributed by atoms with Gasteiger partial charge in [0.05, 0.1) is 12.7 Å². The lowest BCUT2D eigenvalue weighted by Gasteiger charge is -2.71. The van der Waals surface area contributed by atoms with Crippen molar-refractivity contribution in [3.8, 4) is 0 Å². The van der Waals surface area contributed by atoms with Crippen molar-refractivity contribution >= 4 is 0 Å². The quantitative estimate of drug-likeness (QED) is 0.437. The highest BCUT2D eigenvalue weighted by Gasteiger charge is 2.68. The van der Waals surface area contributed by atoms with Crippen LogP contribution in [0.2, 0.25) is 0 Å². The molecular formula is C30H50O3. The van der Waals surface area contributed by atoms with Gasteiger partial charge in [0.15, 0.2) is 0 Å². The molecule has 5 aliphatic carbocycles. The van der Waals surface area contributed by atoms with Gasteiger partial charge in [-0.3, -0.25) is 0 Å². The first-order chi connectivity index (χ1) is 15.3. The van der Waals surface area contributed by atoms with Gasteiger partial charge in [0, 0.05) is 17.4 Å². The summed E-state index contributed by atoms with van der Waals surface area (Å²) >= 11 is 0. The van der Waals surface area contributed by atoms with Gasteiger partial charge in [0.1, 0.15) is 0 Å². The highest BCUT2D eigenvalue weighted by molar-refractivity contribution is 5.33. The van der Waals surface area contributed by atoms with Gasteiger partial charge in [-0.1, -0.05) is 53.2 Å². The number of hydrogen-bond donors (Lipinski definition) is 3. The zero-order valence-corrected chi connectivity index (χ0v) is 22.2. The van der Waals surface area contributed by atoms with Crippen molar-refractivity contribution in [2.45, 2.75) is 112 Å². The molecule has 0 aromatic carbocycles. The maximum atomic E-state index is 10.9. The predicted molar refractivity (Wildman–Crippen MR) is 134 cm³/mol. The molecule has 5 rings (SSSR count). The topological polar surface area (TPSA) is 60.7 Å². The number of aliphatic hydroxyl groups excluding tert-OH is 3. The average molecular weight is 459 g/mol. The monoisotopic (exact) mass is 458 g/mol. The molecule has 0 amide bonds. The molecule has 2 unspecified atom stereocenters. The first-order valence-electron chi connectivity index (χ1n) is 13.9. The van der Waals surface area contributed by atoms with Crippen LogP contribution in [-0.4, -0.2) is 34.6 Å². The van der Waals surface area contributed by atoms with E-state index in [0.29, 0.717) is 29.8 Å². The molecule has 0 radical (unpaired) electrons. The van der Waals surface area contributed by atoms with Crippen molar-refractivity contribution in [3.63, 3.8) is 0 Å². The Hall–Kier alpha value is -0.380. The molecule has 33 heavy (non-hydrogen) atoms. The minimum Gasteiger partial charge on any atom is -0.396 e. The molecule has 0 aliphatic heterocycles. The van der Waals surface area contributed by atoms with Gasteiger partial charge in [-0.15, -0.1) is 0 Å². The molecule has 4 fully saturated rings. The first-order valence-corrected chi connectivity index (χ1v) is 13.9. The Labute approximate surface area is 202 Å². The second-order valence-corrected chi connectivity index (χ2v) is 15.0. The van der Waals surface area contributed by atoms with Crippen molar-refractivity contribution < 1.29 is 15.3 Å². The van der Waals surface area contributed by atoms with E-state index in [2.05, 4.69) is 47.6 Å². The van der Waals surface area contributed by atoms with E-state index in [9.17, 15) is 15.3 Å². The maximum Gasteiger partial charge on any atom is 0.0618 e. The van der Waals surface area contributed by atoms with Crippen LogP contribution >= 0.6 is 0 Å². The van der Waals surface area contributed by atoms with Crippen LogP contribution in [0.25, 0.3) is 0 Å². The molecule has 4 saturated carbocycles. The van der Waals surface area contributed by atoms with Crippen molar-refractivity contribution in [1.29, 1.82) is 0 Å². The molecule has 0 spiro atoms. The molecule has 0 aromatic heterocycles. The molecule has 0 aromatic rings. The van der Waals surface area contributed by atoms with Gasteiger partial charge in [0.2, 0.25) is 0 Å². The van der Waals surface area contributed by atoms with E-state index >= 15 is 0 Å². The average Bonchev–Trinajstić information content (AvgIpc) is 2.77. The predicted octanol–water partition coefficient (Wildman–Crippen LogP) is 6.11. The van der Waals surface area contributed by atoms with Gasteiger partial charge in [-0.25, -0.2) is 0 Å². The Morgan fingerprint density at radius 1 is 0.818 bits per heavy atom. The third-order valence-corrected chi connectivity index (χ3v) is 13.2. The van der Waals surface area contributed by atoms with Crippen LogP contribution in [0, 0.1) is 50.2 Å². The number of aliphatic hydroxyl groups is 3. The lowest BCUT2D eigenvalue weighted by molar-refractivity contribution is -0.216. The minimum atomic E-state index is -0.389. The molecule has 0 saturated heterocycles. The minimum absolute atomic E-state index is 0.0897. The highest BCUT2D eigenvalue weighted by atomic mass is 16.3. The molecular weight excluding hydrogens is 408 g/mol. The van der Waals surface area contributed by atoms with Crippen molar-refractivity contribution in [1.82, 2.24) is 0 Å². The fraction of sp³-hybridized carbons (Fsp3) is 0.933. The van der Waals surface area contributed by atoms with E-state index in [1.54, 1.807) is 5.57 Å². The highest BCUT2D eigenvalue weighted by Crippen LogP contribution is 2.75. The van der Waals surface area contributed by atoms with Crippen LogP contribution in [0.4, 0.5) is 0 Å². The summed E-state index contributed by atoms with van der Waals surface area (Å²) in [6.07, 6.45) is 13.6. The molecule has 9 atom stereocenters. The standard InChI is InChI=1S/C30H50O3/c1-25(2)13-15-30(19-32)16-14-28(5)20(21(30)17-25)7-8-23-26(3)11-10-24(33)27(4,18-31)22(26)9-12-29(23,28)6/h7,21-24,31-33H,8-19H2,1-6H3/t21-,22?,23-,24+,26+,27?,28-,29-,30-/m1/s1. The van der Waals surface area contributed by atoms with Crippen LogP contribution in [0.15, 0.2) is 11.6 Å². The molecule has 3 heteroatoms. The largest absolute Gasteiger partial charge is 0.396 e. The van der Waals surface area contributed by atoms with Crippen LogP contribution in [0.3, 0.4) is 0 Å². The Morgan fingerprint density at radius 3 is 2.18 bits per heavy atom. The van der Waals surface area contributed by atoms with E-state index in [4.69, 9.17) is 0 Å². The lowest BCUT2D eigenvalue weighted by atomic mass is 9.33. The fourth-order valence-electron chi connectivity index (χ4n) is 10.7. The number of hydrogen-bond acceptors (Lipinski definition) is 3. The van der Waals surface area contributed by atoms with Gasteiger partial charge in [0.25, 0.3) is 0 Å². The molecule has 3 N–H and O–H groups in total. The summed E-state index contributed by atoms with van der Waals surface area (Å²) in [4.78, 5) is 0. The van der Waals surface area contributed by atoms with E-state index in [0.717, 1.165) is 32.1 Å². The van der Waals surface area contributed by atoms with E-state index in [1.165, 1.54) is 32.1 Å². The smallest absolute Gasteiger partial charge is 0.0618 e. The summed E-state index contributed by atoms with van der Waals surface area (Å²) in [5.74, 6) is 1.49. The summed E-state index contributed by atoms with van der Waals surface area (Å²) in [7, 11) is 0. The Kier molecular flexibility index (Phi) is 5.40. The number of allylic oxidation sites excluding steroid dienone is 2. The third kappa shape index (κ3) is 2.97. The number of rotatable bonds is 2. The van der Waals surface area contributed by atoms with Gasteiger partial charge in [-0.05, 0) is 104 Å². The molecule has 3 nitrogen and oxygen atoms in total. The lowest BCUT2D eigenvalue weighted by Crippen LogP contribution is -2.65. The SMILES string of the molecule is CC1(C)CC[C@]2(CO)CC[C@]3(C)C(=CC[C@@H]4[C@@]5(C)CC[C@H](O)C(C)(CO)C5CC[C@]43C)[C@H]2C1. The number of fused-ring (bicyclic) bond motifs is 7. The van der Waals surface area contributed by atoms with Gasteiger partial charge in [-0.2, -0.15) is 0 Å². The van der Waals surface area contributed by atoms with Crippen LogP contribution in [0.5, 0.6) is 0 Å². The van der Waals surface area contributed by atoms with Gasteiger partial charge < -0.3 is 15.3 Å². The van der Waals surface area contributed by atoms with Crippen LogP contribution in [0.1, 0.15) is 106 Å². The van der Waals surface area contributed by atoms with E-state index < -0.39 is 0 Å². The molecule has 0 heterocycles. The second kappa shape index (κ2) is 7.32. The summed E-state index contributed by atoms with van der Waals surface area (Å²) in [6, 6.07) is 0. The molecule has 188 valence electrons. The zero-order valence-electron chi connectivity index (χ0n) is 22.2. The van der Waals surface area contributed by atoms with Crippen molar-refractivity contribution in [3.05, 3.63) is 11.6 Å².